The highest BCUT2D eigenvalue weighted by molar-refractivity contribution is 7.12. The molecule has 3 rings (SSSR count). The van der Waals surface area contributed by atoms with E-state index in [4.69, 9.17) is 4.74 Å². The van der Waals surface area contributed by atoms with Gasteiger partial charge in [0.2, 0.25) is 5.91 Å². The smallest absolute Gasteiger partial charge is 0.263 e. The van der Waals surface area contributed by atoms with Crippen LogP contribution in [0, 0.1) is 5.92 Å². The number of piperidine rings is 1. The Hall–Kier alpha value is -2.34. The molecule has 1 aromatic carbocycles. The van der Waals surface area contributed by atoms with Crippen LogP contribution in [0.5, 0.6) is 5.75 Å². The van der Waals surface area contributed by atoms with Crippen LogP contribution in [0.4, 0.5) is 0 Å². The van der Waals surface area contributed by atoms with Crippen molar-refractivity contribution in [3.05, 3.63) is 52.2 Å². The first-order valence-electron chi connectivity index (χ1n) is 9.37. The Balaban J connectivity index is 1.64. The second-order valence-corrected chi connectivity index (χ2v) is 7.72. The molecule has 1 aliphatic rings. The van der Waals surface area contributed by atoms with Crippen LogP contribution >= 0.6 is 11.3 Å². The quantitative estimate of drug-likeness (QED) is 0.761. The van der Waals surface area contributed by atoms with Crippen molar-refractivity contribution < 1.29 is 14.3 Å². The molecule has 1 fully saturated rings. The van der Waals surface area contributed by atoms with Gasteiger partial charge in [0.1, 0.15) is 5.75 Å². The maximum absolute atomic E-state index is 13.1. The van der Waals surface area contributed by atoms with Crippen molar-refractivity contribution in [1.29, 1.82) is 0 Å². The molecule has 2 amide bonds. The monoisotopic (exact) mass is 386 g/mol. The van der Waals surface area contributed by atoms with Crippen LogP contribution in [0.15, 0.2) is 41.8 Å². The molecule has 5 nitrogen and oxygen atoms in total. The van der Waals surface area contributed by atoms with Crippen molar-refractivity contribution in [3.8, 4) is 5.75 Å². The molecule has 144 valence electrons. The van der Waals surface area contributed by atoms with E-state index in [1.165, 1.54) is 11.3 Å². The molecule has 1 atom stereocenters. The highest BCUT2D eigenvalue weighted by Crippen LogP contribution is 2.23. The van der Waals surface area contributed by atoms with Gasteiger partial charge in [0.25, 0.3) is 5.91 Å². The second kappa shape index (κ2) is 9.04. The van der Waals surface area contributed by atoms with Gasteiger partial charge in [-0.05, 0) is 48.9 Å². The molecule has 0 saturated carbocycles. The number of carbonyl (C=O) groups excluding carboxylic acids is 2. The third-order valence-corrected chi connectivity index (χ3v) is 5.87. The topological polar surface area (TPSA) is 49.9 Å². The summed E-state index contributed by atoms with van der Waals surface area (Å²) in [6.07, 6.45) is 1.71. The summed E-state index contributed by atoms with van der Waals surface area (Å²) in [5, 5.41) is 1.91. The number of amides is 2. The van der Waals surface area contributed by atoms with E-state index in [2.05, 4.69) is 0 Å². The Morgan fingerprint density at radius 2 is 2.04 bits per heavy atom. The molecule has 0 N–H and O–H groups in total. The first-order chi connectivity index (χ1) is 13.1. The number of likely N-dealkylation sites (tertiary alicyclic amines) is 1. The lowest BCUT2D eigenvalue weighted by Crippen LogP contribution is -2.46. The largest absolute Gasteiger partial charge is 0.497 e. The molecule has 1 saturated heterocycles. The Morgan fingerprint density at radius 3 is 2.67 bits per heavy atom. The van der Waals surface area contributed by atoms with Crippen molar-refractivity contribution in [3.63, 3.8) is 0 Å². The highest BCUT2D eigenvalue weighted by atomic mass is 32.1. The fourth-order valence-corrected chi connectivity index (χ4v) is 4.17. The van der Waals surface area contributed by atoms with Crippen LogP contribution in [-0.4, -0.2) is 48.4 Å². The highest BCUT2D eigenvalue weighted by Gasteiger charge is 2.31. The maximum atomic E-state index is 13.1. The molecule has 1 aromatic heterocycles. The van der Waals surface area contributed by atoms with Crippen molar-refractivity contribution in [1.82, 2.24) is 9.80 Å². The van der Waals surface area contributed by atoms with Crippen LogP contribution in [0.25, 0.3) is 0 Å². The third kappa shape index (κ3) is 4.69. The van der Waals surface area contributed by atoms with Gasteiger partial charge in [0.15, 0.2) is 0 Å². The van der Waals surface area contributed by atoms with Crippen LogP contribution in [-0.2, 0) is 11.3 Å². The minimum atomic E-state index is -0.124. The van der Waals surface area contributed by atoms with Gasteiger partial charge in [0.05, 0.1) is 17.9 Å². The van der Waals surface area contributed by atoms with Crippen LogP contribution in [0.1, 0.15) is 35.0 Å². The zero-order valence-corrected chi connectivity index (χ0v) is 16.7. The number of benzene rings is 1. The molecule has 6 heteroatoms. The standard InChI is InChI=1S/C21H26N2O3S/c1-3-22(14-16-8-10-18(26-2)11-9-16)20(24)17-6-4-12-23(15-17)21(25)19-7-5-13-27-19/h5,7-11,13,17H,3-4,6,12,14-15H2,1-2H3. The van der Waals surface area contributed by atoms with Crippen LogP contribution in [0.3, 0.4) is 0 Å². The predicted octanol–water partition coefficient (Wildman–Crippen LogP) is 3.66. The first-order valence-corrected chi connectivity index (χ1v) is 10.2. The number of hydrogen-bond donors (Lipinski definition) is 0. The SMILES string of the molecule is CCN(Cc1ccc(OC)cc1)C(=O)C1CCCN(C(=O)c2cccs2)C1. The molecule has 0 spiro atoms. The van der Waals surface area contributed by atoms with E-state index in [-0.39, 0.29) is 17.7 Å². The van der Waals surface area contributed by atoms with Gasteiger partial charge in [0, 0.05) is 26.2 Å². The van der Waals surface area contributed by atoms with Gasteiger partial charge in [-0.2, -0.15) is 0 Å². The lowest BCUT2D eigenvalue weighted by atomic mass is 9.96. The van der Waals surface area contributed by atoms with Gasteiger partial charge in [-0.25, -0.2) is 0 Å². The normalized spacial score (nSPS) is 16.8. The molecule has 1 unspecified atom stereocenters. The number of thiophene rings is 1. The summed E-state index contributed by atoms with van der Waals surface area (Å²) < 4.78 is 5.19. The third-order valence-electron chi connectivity index (χ3n) is 5.02. The Bertz CT molecular complexity index is 758. The summed E-state index contributed by atoms with van der Waals surface area (Å²) in [6, 6.07) is 11.5. The number of nitrogens with zero attached hydrogens (tertiary/aromatic N) is 2. The lowest BCUT2D eigenvalue weighted by molar-refractivity contribution is -0.137. The Labute approximate surface area is 164 Å². The summed E-state index contributed by atoms with van der Waals surface area (Å²) in [7, 11) is 1.64. The van der Waals surface area contributed by atoms with E-state index in [0.29, 0.717) is 19.6 Å². The summed E-state index contributed by atoms with van der Waals surface area (Å²) in [4.78, 5) is 30.2. The van der Waals surface area contributed by atoms with E-state index in [1.54, 1.807) is 7.11 Å². The van der Waals surface area contributed by atoms with E-state index in [1.807, 2.05) is 58.5 Å². The van der Waals surface area contributed by atoms with E-state index >= 15 is 0 Å². The first kappa shape index (κ1) is 19.4. The molecule has 0 bridgehead atoms. The van der Waals surface area contributed by atoms with Crippen molar-refractivity contribution in [2.24, 2.45) is 5.92 Å². The number of hydrogen-bond acceptors (Lipinski definition) is 4. The van der Waals surface area contributed by atoms with E-state index < -0.39 is 0 Å². The molecular weight excluding hydrogens is 360 g/mol. The minimum Gasteiger partial charge on any atom is -0.497 e. The molecule has 2 heterocycles. The number of ether oxygens (including phenoxy) is 1. The summed E-state index contributed by atoms with van der Waals surface area (Å²) in [5.41, 5.74) is 1.08. The zero-order valence-electron chi connectivity index (χ0n) is 15.9. The van der Waals surface area contributed by atoms with Crippen LogP contribution < -0.4 is 4.74 Å². The van der Waals surface area contributed by atoms with Crippen molar-refractivity contribution in [2.45, 2.75) is 26.3 Å². The molecule has 0 radical (unpaired) electrons. The summed E-state index contributed by atoms with van der Waals surface area (Å²) in [5.74, 6) is 0.863. The molecule has 0 aliphatic carbocycles. The molecule has 1 aliphatic heterocycles. The van der Waals surface area contributed by atoms with Gasteiger partial charge in [-0.15, -0.1) is 11.3 Å². The van der Waals surface area contributed by atoms with Gasteiger partial charge < -0.3 is 14.5 Å². The average Bonchev–Trinajstić information content (AvgIpc) is 3.26. The van der Waals surface area contributed by atoms with E-state index in [9.17, 15) is 9.59 Å². The van der Waals surface area contributed by atoms with Crippen LogP contribution in [0.2, 0.25) is 0 Å². The fourth-order valence-electron chi connectivity index (χ4n) is 3.47. The Morgan fingerprint density at radius 1 is 1.26 bits per heavy atom. The van der Waals surface area contributed by atoms with Gasteiger partial charge in [-0.3, -0.25) is 9.59 Å². The number of carbonyl (C=O) groups is 2. The van der Waals surface area contributed by atoms with Crippen molar-refractivity contribution in [2.75, 3.05) is 26.7 Å². The van der Waals surface area contributed by atoms with Gasteiger partial charge in [-0.1, -0.05) is 18.2 Å². The molecule has 27 heavy (non-hydrogen) atoms. The van der Waals surface area contributed by atoms with Gasteiger partial charge >= 0.3 is 0 Å². The molecule has 2 aromatic rings. The lowest BCUT2D eigenvalue weighted by Gasteiger charge is -2.34. The Kier molecular flexibility index (Phi) is 6.50. The summed E-state index contributed by atoms with van der Waals surface area (Å²) in [6.45, 7) is 4.47. The second-order valence-electron chi connectivity index (χ2n) is 6.77. The number of methoxy groups -OCH3 is 1. The summed E-state index contributed by atoms with van der Waals surface area (Å²) >= 11 is 1.45. The van der Waals surface area contributed by atoms with E-state index in [0.717, 1.165) is 35.6 Å². The maximum Gasteiger partial charge on any atom is 0.263 e. The zero-order chi connectivity index (χ0) is 19.2. The van der Waals surface area contributed by atoms with Crippen molar-refractivity contribution >= 4 is 23.2 Å². The number of rotatable bonds is 6. The fraction of sp³-hybridized carbons (Fsp3) is 0.429. The average molecular weight is 387 g/mol. The molecular formula is C21H26N2O3S. The predicted molar refractivity (Wildman–Crippen MR) is 107 cm³/mol. The minimum absolute atomic E-state index is 0.0423.